The van der Waals surface area contributed by atoms with Gasteiger partial charge in [-0.15, -0.1) is 24.8 Å². The molecule has 0 atom stereocenters. The number of hydrogen-bond acceptors (Lipinski definition) is 5. The molecule has 3 aromatic rings. The van der Waals surface area contributed by atoms with E-state index in [4.69, 9.17) is 15.5 Å². The maximum Gasteiger partial charge on any atom is 0.148 e. The van der Waals surface area contributed by atoms with E-state index in [1.165, 1.54) is 0 Å². The fraction of sp³-hybridized carbons (Fsp3) is 0.294. The highest BCUT2D eigenvalue weighted by Gasteiger charge is 2.16. The average molecular weight is 382 g/mol. The summed E-state index contributed by atoms with van der Waals surface area (Å²) in [5.74, 6) is 0.933. The molecular weight excluding hydrogens is 361 g/mol. The Labute approximate surface area is 158 Å². The highest BCUT2D eigenvalue weighted by atomic mass is 35.5. The Kier molecular flexibility index (Phi) is 6.61. The van der Waals surface area contributed by atoms with Crippen LogP contribution in [0.3, 0.4) is 0 Å². The highest BCUT2D eigenvalue weighted by molar-refractivity contribution is 5.85. The number of aromatic nitrogens is 3. The van der Waals surface area contributed by atoms with E-state index in [1.807, 2.05) is 28.9 Å². The first-order valence-electron chi connectivity index (χ1n) is 7.81. The molecule has 0 radical (unpaired) electrons. The Morgan fingerprint density at radius 1 is 1.04 bits per heavy atom. The third-order valence-corrected chi connectivity index (χ3v) is 4.18. The van der Waals surface area contributed by atoms with Gasteiger partial charge in [0.05, 0.1) is 36.8 Å². The topological polar surface area (TPSA) is 68.7 Å². The van der Waals surface area contributed by atoms with Crippen molar-refractivity contribution in [2.45, 2.75) is 6.54 Å². The second-order valence-corrected chi connectivity index (χ2v) is 5.61. The van der Waals surface area contributed by atoms with Gasteiger partial charge < -0.3 is 15.4 Å². The molecule has 2 aromatic heterocycles. The van der Waals surface area contributed by atoms with Gasteiger partial charge in [0.15, 0.2) is 0 Å². The third kappa shape index (κ3) is 3.88. The van der Waals surface area contributed by atoms with Crippen LogP contribution in [0.1, 0.15) is 5.56 Å². The predicted molar refractivity (Wildman–Crippen MR) is 104 cm³/mol. The lowest BCUT2D eigenvalue weighted by molar-refractivity contribution is 0.122. The Bertz CT molecular complexity index is 816. The fourth-order valence-electron chi connectivity index (χ4n) is 2.87. The maximum atomic E-state index is 5.69. The summed E-state index contributed by atoms with van der Waals surface area (Å²) in [4.78, 5) is 7.14. The van der Waals surface area contributed by atoms with Crippen LogP contribution in [-0.2, 0) is 11.3 Å². The van der Waals surface area contributed by atoms with Gasteiger partial charge >= 0.3 is 0 Å². The number of morpholine rings is 1. The summed E-state index contributed by atoms with van der Waals surface area (Å²) in [6, 6.07) is 10.2. The minimum atomic E-state index is 0. The van der Waals surface area contributed by atoms with Crippen molar-refractivity contribution in [1.29, 1.82) is 0 Å². The number of nitrogens with two attached hydrogens (primary N) is 1. The first-order valence-corrected chi connectivity index (χ1v) is 7.81. The van der Waals surface area contributed by atoms with Gasteiger partial charge in [0.25, 0.3) is 0 Å². The molecule has 0 unspecified atom stereocenters. The molecule has 1 fully saturated rings. The zero-order chi connectivity index (χ0) is 15.6. The van der Waals surface area contributed by atoms with E-state index in [1.54, 1.807) is 6.20 Å². The number of nitrogens with zero attached hydrogens (tertiary/aromatic N) is 4. The molecule has 1 aliphatic rings. The highest BCUT2D eigenvalue weighted by Crippen LogP contribution is 2.26. The van der Waals surface area contributed by atoms with Gasteiger partial charge in [-0.25, -0.2) is 9.50 Å². The van der Waals surface area contributed by atoms with Crippen molar-refractivity contribution in [2.24, 2.45) is 5.73 Å². The van der Waals surface area contributed by atoms with E-state index in [2.05, 4.69) is 22.1 Å². The quantitative estimate of drug-likeness (QED) is 0.754. The SMILES string of the molecule is Cl.Cl.NCc1ccc(-c2nc(N3CCOCC3)cn3nccc23)cc1. The largest absolute Gasteiger partial charge is 0.378 e. The number of benzene rings is 1. The van der Waals surface area contributed by atoms with Gasteiger partial charge in [-0.2, -0.15) is 5.10 Å². The Morgan fingerprint density at radius 3 is 2.44 bits per heavy atom. The van der Waals surface area contributed by atoms with Crippen LogP contribution >= 0.6 is 24.8 Å². The third-order valence-electron chi connectivity index (χ3n) is 4.18. The summed E-state index contributed by atoms with van der Waals surface area (Å²) in [6.45, 7) is 3.72. The van der Waals surface area contributed by atoms with Crippen LogP contribution in [0.25, 0.3) is 16.8 Å². The molecule has 0 amide bonds. The van der Waals surface area contributed by atoms with Crippen LogP contribution in [0.15, 0.2) is 42.7 Å². The summed E-state index contributed by atoms with van der Waals surface area (Å²) in [7, 11) is 0. The van der Waals surface area contributed by atoms with E-state index in [9.17, 15) is 0 Å². The van der Waals surface area contributed by atoms with Gasteiger partial charge in [0, 0.05) is 25.2 Å². The van der Waals surface area contributed by atoms with Crippen molar-refractivity contribution in [3.05, 3.63) is 48.3 Å². The summed E-state index contributed by atoms with van der Waals surface area (Å²) in [5.41, 5.74) is 9.81. The number of rotatable bonds is 3. The Morgan fingerprint density at radius 2 is 1.76 bits per heavy atom. The van der Waals surface area contributed by atoms with Crippen LogP contribution in [0.5, 0.6) is 0 Å². The molecule has 134 valence electrons. The molecular formula is C17H21Cl2N5O. The number of halogens is 2. The molecule has 0 bridgehead atoms. The summed E-state index contributed by atoms with van der Waals surface area (Å²) < 4.78 is 7.32. The van der Waals surface area contributed by atoms with Crippen molar-refractivity contribution in [2.75, 3.05) is 31.2 Å². The van der Waals surface area contributed by atoms with Crippen LogP contribution < -0.4 is 10.6 Å². The second kappa shape index (κ2) is 8.49. The van der Waals surface area contributed by atoms with Crippen molar-refractivity contribution in [1.82, 2.24) is 14.6 Å². The first kappa shape index (κ1) is 19.5. The molecule has 2 N–H and O–H groups in total. The fourth-order valence-corrected chi connectivity index (χ4v) is 2.87. The lowest BCUT2D eigenvalue weighted by Gasteiger charge is -2.28. The Balaban J connectivity index is 0.00000113. The molecule has 4 rings (SSSR count). The molecule has 0 saturated carbocycles. The number of hydrogen-bond donors (Lipinski definition) is 1. The van der Waals surface area contributed by atoms with Crippen molar-refractivity contribution in [3.63, 3.8) is 0 Å². The first-order chi connectivity index (χ1) is 11.3. The molecule has 0 aliphatic carbocycles. The summed E-state index contributed by atoms with van der Waals surface area (Å²) >= 11 is 0. The monoisotopic (exact) mass is 381 g/mol. The Hall–Kier alpha value is -1.86. The van der Waals surface area contributed by atoms with Crippen LogP contribution in [0.2, 0.25) is 0 Å². The summed E-state index contributed by atoms with van der Waals surface area (Å²) in [5, 5.41) is 4.39. The molecule has 0 spiro atoms. The second-order valence-electron chi connectivity index (χ2n) is 5.61. The predicted octanol–water partition coefficient (Wildman–Crippen LogP) is 2.54. The van der Waals surface area contributed by atoms with Crippen molar-refractivity contribution < 1.29 is 4.74 Å². The smallest absolute Gasteiger partial charge is 0.148 e. The molecule has 6 nitrogen and oxygen atoms in total. The lowest BCUT2D eigenvalue weighted by Crippen LogP contribution is -2.37. The molecule has 1 aromatic carbocycles. The van der Waals surface area contributed by atoms with Gasteiger partial charge in [-0.05, 0) is 11.6 Å². The van der Waals surface area contributed by atoms with Gasteiger partial charge in [0.1, 0.15) is 5.82 Å². The number of ether oxygens (including phenoxy) is 1. The van der Waals surface area contributed by atoms with Gasteiger partial charge in [0.2, 0.25) is 0 Å². The van der Waals surface area contributed by atoms with Crippen LogP contribution in [0, 0.1) is 0 Å². The average Bonchev–Trinajstić information content (AvgIpc) is 3.10. The van der Waals surface area contributed by atoms with Crippen LogP contribution in [-0.4, -0.2) is 40.9 Å². The van der Waals surface area contributed by atoms with Gasteiger partial charge in [-0.3, -0.25) is 0 Å². The minimum absolute atomic E-state index is 0. The van der Waals surface area contributed by atoms with Gasteiger partial charge in [-0.1, -0.05) is 24.3 Å². The van der Waals surface area contributed by atoms with Crippen molar-refractivity contribution >= 4 is 36.1 Å². The molecule has 8 heteroatoms. The van der Waals surface area contributed by atoms with Crippen LogP contribution in [0.4, 0.5) is 5.82 Å². The standard InChI is InChI=1S/C17H19N5O.2ClH/c18-11-13-1-3-14(4-2-13)17-15-5-6-19-22(15)12-16(20-17)21-7-9-23-10-8-21;;/h1-6,12H,7-11,18H2;2*1H. The molecule has 25 heavy (non-hydrogen) atoms. The summed E-state index contributed by atoms with van der Waals surface area (Å²) in [6.07, 6.45) is 3.79. The van der Waals surface area contributed by atoms with E-state index in [-0.39, 0.29) is 24.8 Å². The van der Waals surface area contributed by atoms with E-state index in [0.29, 0.717) is 6.54 Å². The van der Waals surface area contributed by atoms with Crippen molar-refractivity contribution in [3.8, 4) is 11.3 Å². The molecule has 1 saturated heterocycles. The normalized spacial score (nSPS) is 14.0. The van der Waals surface area contributed by atoms with E-state index < -0.39 is 0 Å². The minimum Gasteiger partial charge on any atom is -0.378 e. The number of anilines is 1. The zero-order valence-corrected chi connectivity index (χ0v) is 15.3. The van der Waals surface area contributed by atoms with E-state index in [0.717, 1.165) is 54.5 Å². The molecule has 1 aliphatic heterocycles. The number of fused-ring (bicyclic) bond motifs is 1. The zero-order valence-electron chi connectivity index (χ0n) is 13.7. The molecule has 3 heterocycles. The lowest BCUT2D eigenvalue weighted by atomic mass is 10.1. The maximum absolute atomic E-state index is 5.69. The van der Waals surface area contributed by atoms with E-state index >= 15 is 0 Å².